The number of rotatable bonds is 13. The van der Waals surface area contributed by atoms with Gasteiger partial charge >= 0.3 is 29.8 Å². The fraction of sp³-hybridized carbons (Fsp3) is 0.894. The molecule has 10 aliphatic rings. The second-order valence-corrected chi connectivity index (χ2v) is 24.0. The van der Waals surface area contributed by atoms with E-state index < -0.39 is 97.0 Å². The minimum absolute atomic E-state index is 0.0327. The molecule has 0 radical (unpaired) electrons. The number of ether oxygens (including phenoxy) is 6. The third-order valence-corrected chi connectivity index (χ3v) is 16.2. The van der Waals surface area contributed by atoms with Gasteiger partial charge in [0.2, 0.25) is 11.9 Å². The van der Waals surface area contributed by atoms with E-state index >= 15 is 4.79 Å². The molecule has 61 heavy (non-hydrogen) atoms. The SMILES string of the molecule is CCC(C)(CC(C)(CC(C)(C)C(=O)OC1(C)CC(C)(C)OC1=O)C(=O)OC12CC3CC(O)(CC(O)(C3)C1)C2)C(=O)OC12CC3CC(O)(C1)CC(C(=O)OC1CCCCO1)(C3)C2. The zero-order valence-corrected chi connectivity index (χ0v) is 37.7. The first-order chi connectivity index (χ1) is 28.0. The Bertz CT molecular complexity index is 1830. The first-order valence-electron chi connectivity index (χ1n) is 22.9. The van der Waals surface area contributed by atoms with E-state index in [0.29, 0.717) is 51.6 Å². The smallest absolute Gasteiger partial charge is 0.351 e. The molecule has 2 saturated heterocycles. The fourth-order valence-electron chi connectivity index (χ4n) is 14.8. The van der Waals surface area contributed by atoms with Crippen LogP contribution in [0.3, 0.4) is 0 Å². The molecule has 0 aromatic heterocycles. The summed E-state index contributed by atoms with van der Waals surface area (Å²) in [6, 6.07) is 0. The summed E-state index contributed by atoms with van der Waals surface area (Å²) < 4.78 is 36.3. The molecular weight excluding hydrogens is 789 g/mol. The highest BCUT2D eigenvalue weighted by Gasteiger charge is 2.69. The first-order valence-corrected chi connectivity index (χ1v) is 22.9. The molecule has 10 rings (SSSR count). The number of carbonyl (C=O) groups is 5. The van der Waals surface area contributed by atoms with Gasteiger partial charge in [-0.3, -0.25) is 19.2 Å². The van der Waals surface area contributed by atoms with Crippen molar-refractivity contribution in [3.05, 3.63) is 0 Å². The third kappa shape index (κ3) is 8.15. The molecule has 14 heteroatoms. The van der Waals surface area contributed by atoms with Crippen molar-refractivity contribution in [2.75, 3.05) is 6.61 Å². The number of aliphatic hydroxyl groups is 3. The third-order valence-electron chi connectivity index (χ3n) is 16.2. The van der Waals surface area contributed by atoms with Gasteiger partial charge in [0.25, 0.3) is 0 Å². The van der Waals surface area contributed by atoms with Gasteiger partial charge in [-0.2, -0.15) is 0 Å². The summed E-state index contributed by atoms with van der Waals surface area (Å²) in [7, 11) is 0. The Balaban J connectivity index is 1.07. The molecule has 2 aliphatic heterocycles. The Morgan fingerprint density at radius 1 is 0.672 bits per heavy atom. The number of hydrogen-bond acceptors (Lipinski definition) is 14. The topological polar surface area (TPSA) is 201 Å². The largest absolute Gasteiger partial charge is 0.458 e. The summed E-state index contributed by atoms with van der Waals surface area (Å²) in [4.78, 5) is 71.2. The highest BCUT2D eigenvalue weighted by Crippen LogP contribution is 2.66. The van der Waals surface area contributed by atoms with Crippen molar-refractivity contribution < 1.29 is 67.7 Å². The Kier molecular flexibility index (Phi) is 10.3. The maximum atomic E-state index is 15.1. The molecule has 0 aromatic rings. The average molecular weight is 859 g/mol. The summed E-state index contributed by atoms with van der Waals surface area (Å²) in [5, 5.41) is 35.1. The van der Waals surface area contributed by atoms with E-state index in [9.17, 15) is 34.5 Å². The van der Waals surface area contributed by atoms with Crippen LogP contribution in [0.2, 0.25) is 0 Å². The normalized spacial score (nSPS) is 43.8. The van der Waals surface area contributed by atoms with Crippen molar-refractivity contribution >= 4 is 29.8 Å². The van der Waals surface area contributed by atoms with Gasteiger partial charge < -0.3 is 43.7 Å². The van der Waals surface area contributed by atoms with Crippen LogP contribution in [0.1, 0.15) is 177 Å². The molecule has 8 saturated carbocycles. The summed E-state index contributed by atoms with van der Waals surface area (Å²) in [5.74, 6) is -3.15. The number of esters is 5. The molecule has 10 unspecified atom stereocenters. The summed E-state index contributed by atoms with van der Waals surface area (Å²) in [6.45, 7) is 14.0. The van der Waals surface area contributed by atoms with Crippen molar-refractivity contribution in [2.45, 2.75) is 223 Å². The number of cyclic esters (lactones) is 1. The maximum absolute atomic E-state index is 15.1. The van der Waals surface area contributed by atoms with Crippen LogP contribution < -0.4 is 0 Å². The molecule has 10 atom stereocenters. The van der Waals surface area contributed by atoms with E-state index in [0.717, 1.165) is 12.8 Å². The Morgan fingerprint density at radius 2 is 1.23 bits per heavy atom. The molecule has 0 aromatic carbocycles. The van der Waals surface area contributed by atoms with Crippen molar-refractivity contribution in [2.24, 2.45) is 33.5 Å². The highest BCUT2D eigenvalue weighted by atomic mass is 16.7. The van der Waals surface area contributed by atoms with Crippen LogP contribution in [0.15, 0.2) is 0 Å². The molecule has 8 aliphatic carbocycles. The Hall–Kier alpha value is -2.81. The van der Waals surface area contributed by atoms with Crippen molar-refractivity contribution in [1.82, 2.24) is 0 Å². The molecule has 0 amide bonds. The van der Waals surface area contributed by atoms with E-state index in [1.165, 1.54) is 6.92 Å². The molecule has 3 N–H and O–H groups in total. The van der Waals surface area contributed by atoms with Gasteiger partial charge in [-0.15, -0.1) is 0 Å². The molecule has 10 fully saturated rings. The highest BCUT2D eigenvalue weighted by molar-refractivity contribution is 5.88. The lowest BCUT2D eigenvalue weighted by Gasteiger charge is -2.63. The minimum Gasteiger partial charge on any atom is -0.458 e. The van der Waals surface area contributed by atoms with E-state index in [2.05, 4.69) is 0 Å². The van der Waals surface area contributed by atoms with Crippen LogP contribution in [0, 0.1) is 33.5 Å². The zero-order valence-electron chi connectivity index (χ0n) is 37.7. The predicted octanol–water partition coefficient (Wildman–Crippen LogP) is 6.05. The van der Waals surface area contributed by atoms with Crippen molar-refractivity contribution in [3.63, 3.8) is 0 Å². The zero-order chi connectivity index (χ0) is 44.5. The Morgan fingerprint density at radius 3 is 1.74 bits per heavy atom. The van der Waals surface area contributed by atoms with Crippen LogP contribution in [0.5, 0.6) is 0 Å². The molecular formula is C47H70O14. The van der Waals surface area contributed by atoms with Crippen LogP contribution in [0.4, 0.5) is 0 Å². The Labute approximate surface area is 359 Å². The predicted molar refractivity (Wildman–Crippen MR) is 216 cm³/mol. The van der Waals surface area contributed by atoms with Gasteiger partial charge in [-0.05, 0) is 137 Å². The monoisotopic (exact) mass is 858 g/mol. The van der Waals surface area contributed by atoms with Gasteiger partial charge in [0.05, 0.1) is 45.1 Å². The second kappa shape index (κ2) is 14.1. The van der Waals surface area contributed by atoms with Gasteiger partial charge in [-0.1, -0.05) is 6.92 Å². The van der Waals surface area contributed by atoms with Gasteiger partial charge in [0.1, 0.15) is 16.8 Å². The second-order valence-electron chi connectivity index (χ2n) is 24.0. The van der Waals surface area contributed by atoms with Gasteiger partial charge in [0.15, 0.2) is 0 Å². The number of hydrogen-bond donors (Lipinski definition) is 3. The maximum Gasteiger partial charge on any atom is 0.351 e. The first kappa shape index (κ1) is 44.8. The van der Waals surface area contributed by atoms with Gasteiger partial charge in [0, 0.05) is 44.9 Å². The molecule has 2 heterocycles. The number of carbonyl (C=O) groups excluding carboxylic acids is 5. The molecule has 14 nitrogen and oxygen atoms in total. The van der Waals surface area contributed by atoms with E-state index in [4.69, 9.17) is 28.4 Å². The summed E-state index contributed by atoms with van der Waals surface area (Å²) in [6.07, 6.45) is 6.11. The van der Waals surface area contributed by atoms with Crippen LogP contribution in [-0.4, -0.2) is 97.3 Å². The van der Waals surface area contributed by atoms with Crippen LogP contribution in [0.25, 0.3) is 0 Å². The summed E-state index contributed by atoms with van der Waals surface area (Å²) >= 11 is 0. The fourth-order valence-corrected chi connectivity index (χ4v) is 14.8. The van der Waals surface area contributed by atoms with E-state index in [-0.39, 0.29) is 76.0 Å². The average Bonchev–Trinajstić information content (AvgIpc) is 3.29. The molecule has 8 bridgehead atoms. The lowest BCUT2D eigenvalue weighted by atomic mass is 9.46. The van der Waals surface area contributed by atoms with E-state index in [1.807, 2.05) is 6.92 Å². The minimum atomic E-state index is -1.55. The van der Waals surface area contributed by atoms with Gasteiger partial charge in [-0.25, -0.2) is 4.79 Å². The molecule has 342 valence electrons. The van der Waals surface area contributed by atoms with Crippen molar-refractivity contribution in [1.29, 1.82) is 0 Å². The van der Waals surface area contributed by atoms with Crippen LogP contribution in [-0.2, 0) is 52.4 Å². The van der Waals surface area contributed by atoms with Crippen LogP contribution >= 0.6 is 0 Å². The lowest BCUT2D eigenvalue weighted by Crippen LogP contribution is -2.67. The molecule has 0 spiro atoms. The van der Waals surface area contributed by atoms with Crippen molar-refractivity contribution in [3.8, 4) is 0 Å². The summed E-state index contributed by atoms with van der Waals surface area (Å²) in [5.41, 5.74) is -13.5. The lowest BCUT2D eigenvalue weighted by molar-refractivity contribution is -0.265. The quantitative estimate of drug-likeness (QED) is 0.143. The standard InChI is InChI=1S/C47H70O14/c1-9-39(6,33(49)60-46-18-29-14-42(24-46,23-43(53,15-29)26-46)36(52)57-31-12-10-11-13-56-31)22-40(7,20-37(2,3)32(48)59-41(8)21-38(4,5)58-35(41)51)34(50)61-47-19-30-16-44(54,27-47)25-45(55,17-30)28-47/h29-31,53-55H,9-28H2,1-8H3. The van der Waals surface area contributed by atoms with E-state index in [1.54, 1.807) is 41.5 Å².